The summed E-state index contributed by atoms with van der Waals surface area (Å²) in [6, 6.07) is 7.56. The van der Waals surface area contributed by atoms with Crippen LogP contribution in [-0.2, 0) is 9.59 Å². The predicted molar refractivity (Wildman–Crippen MR) is 89.1 cm³/mol. The number of benzene rings is 1. The van der Waals surface area contributed by atoms with Crippen molar-refractivity contribution in [2.45, 2.75) is 38.3 Å². The minimum absolute atomic E-state index is 0.0635. The predicted octanol–water partition coefficient (Wildman–Crippen LogP) is 1.97. The lowest BCUT2D eigenvalue weighted by atomic mass is 10.0. The topological polar surface area (TPSA) is 75.4 Å². The Hall–Kier alpha value is -1.40. The first-order chi connectivity index (χ1) is 10.5. The first-order valence-electron chi connectivity index (χ1n) is 7.51. The lowest BCUT2D eigenvalue weighted by Gasteiger charge is -2.31. The molecule has 2 amide bonds. The van der Waals surface area contributed by atoms with E-state index in [0.29, 0.717) is 13.1 Å². The quantitative estimate of drug-likeness (QED) is 0.853. The second-order valence-electron chi connectivity index (χ2n) is 5.73. The molecule has 0 bridgehead atoms. The molecule has 6 heteroatoms. The molecule has 1 atom stereocenters. The van der Waals surface area contributed by atoms with Gasteiger partial charge in [-0.15, -0.1) is 0 Å². The van der Waals surface area contributed by atoms with Crippen molar-refractivity contribution in [2.75, 3.05) is 13.1 Å². The van der Waals surface area contributed by atoms with Crippen LogP contribution in [0, 0.1) is 0 Å². The average Bonchev–Trinajstić information content (AvgIpc) is 2.47. The van der Waals surface area contributed by atoms with Crippen molar-refractivity contribution in [1.29, 1.82) is 0 Å². The molecule has 1 aromatic rings. The van der Waals surface area contributed by atoms with E-state index in [1.807, 2.05) is 29.2 Å². The van der Waals surface area contributed by atoms with Crippen LogP contribution < -0.4 is 11.1 Å². The summed E-state index contributed by atoms with van der Waals surface area (Å²) >= 11 is 3.39. The molecular formula is C16H22BrN3O2. The van der Waals surface area contributed by atoms with Crippen molar-refractivity contribution >= 4 is 27.7 Å². The van der Waals surface area contributed by atoms with E-state index in [1.165, 1.54) is 6.92 Å². The summed E-state index contributed by atoms with van der Waals surface area (Å²) in [5, 5.41) is 2.87. The number of hydrogen-bond donors (Lipinski definition) is 2. The zero-order chi connectivity index (χ0) is 16.1. The van der Waals surface area contributed by atoms with Crippen LogP contribution in [0.4, 0.5) is 0 Å². The molecule has 1 aliphatic heterocycles. The molecule has 0 radical (unpaired) electrons. The van der Waals surface area contributed by atoms with E-state index in [-0.39, 0.29) is 30.3 Å². The molecule has 120 valence electrons. The maximum absolute atomic E-state index is 12.5. The zero-order valence-electron chi connectivity index (χ0n) is 12.7. The van der Waals surface area contributed by atoms with Gasteiger partial charge in [-0.3, -0.25) is 9.59 Å². The number of piperidine rings is 1. The molecule has 1 unspecified atom stereocenters. The summed E-state index contributed by atoms with van der Waals surface area (Å²) < 4.78 is 0.967. The fourth-order valence-electron chi connectivity index (χ4n) is 2.65. The molecule has 0 saturated carbocycles. The van der Waals surface area contributed by atoms with Crippen LogP contribution in [0.5, 0.6) is 0 Å². The van der Waals surface area contributed by atoms with Crippen LogP contribution in [0.1, 0.15) is 37.8 Å². The average molecular weight is 368 g/mol. The van der Waals surface area contributed by atoms with Crippen LogP contribution in [0.2, 0.25) is 0 Å². The standard InChI is InChI=1S/C16H22BrN3O2/c1-11(21)19-15(12-2-4-13(17)5-3-12)10-16(22)20-8-6-14(18)7-9-20/h2-5,14-15H,6-10,18H2,1H3,(H,19,21). The highest BCUT2D eigenvalue weighted by Crippen LogP contribution is 2.21. The first kappa shape index (κ1) is 17.0. The summed E-state index contributed by atoms with van der Waals surface area (Å²) in [5.41, 5.74) is 6.80. The number of rotatable bonds is 4. The van der Waals surface area contributed by atoms with Gasteiger partial charge in [-0.1, -0.05) is 28.1 Å². The Balaban J connectivity index is 2.04. The molecule has 1 fully saturated rings. The van der Waals surface area contributed by atoms with E-state index in [4.69, 9.17) is 5.73 Å². The Bertz CT molecular complexity index is 525. The van der Waals surface area contributed by atoms with Gasteiger partial charge in [0.15, 0.2) is 0 Å². The SMILES string of the molecule is CC(=O)NC(CC(=O)N1CCC(N)CC1)c1ccc(Br)cc1. The van der Waals surface area contributed by atoms with E-state index in [2.05, 4.69) is 21.2 Å². The molecule has 2 rings (SSSR count). The van der Waals surface area contributed by atoms with E-state index >= 15 is 0 Å². The third kappa shape index (κ3) is 4.81. The monoisotopic (exact) mass is 367 g/mol. The summed E-state index contributed by atoms with van der Waals surface area (Å²) in [5.74, 6) is -0.0741. The minimum Gasteiger partial charge on any atom is -0.349 e. The number of halogens is 1. The number of nitrogens with one attached hydrogen (secondary N) is 1. The molecule has 22 heavy (non-hydrogen) atoms. The van der Waals surface area contributed by atoms with Gasteiger partial charge in [-0.25, -0.2) is 0 Å². The van der Waals surface area contributed by atoms with Crippen LogP contribution >= 0.6 is 15.9 Å². The summed E-state index contributed by atoms with van der Waals surface area (Å²) in [4.78, 5) is 25.7. The van der Waals surface area contributed by atoms with Gasteiger partial charge in [-0.05, 0) is 30.5 Å². The van der Waals surface area contributed by atoms with Gasteiger partial charge < -0.3 is 16.0 Å². The van der Waals surface area contributed by atoms with Crippen LogP contribution in [0.15, 0.2) is 28.7 Å². The van der Waals surface area contributed by atoms with Gasteiger partial charge in [0.05, 0.1) is 12.5 Å². The Kier molecular flexibility index (Phi) is 5.97. The van der Waals surface area contributed by atoms with E-state index in [9.17, 15) is 9.59 Å². The minimum atomic E-state index is -0.298. The van der Waals surface area contributed by atoms with E-state index in [1.54, 1.807) is 0 Å². The largest absolute Gasteiger partial charge is 0.349 e. The highest BCUT2D eigenvalue weighted by molar-refractivity contribution is 9.10. The fourth-order valence-corrected chi connectivity index (χ4v) is 2.91. The Morgan fingerprint density at radius 2 is 1.91 bits per heavy atom. The molecule has 3 N–H and O–H groups in total. The molecular weight excluding hydrogens is 346 g/mol. The second-order valence-corrected chi connectivity index (χ2v) is 6.64. The molecule has 1 saturated heterocycles. The Labute approximate surface area is 139 Å². The summed E-state index contributed by atoms with van der Waals surface area (Å²) in [7, 11) is 0. The molecule has 5 nitrogen and oxygen atoms in total. The van der Waals surface area contributed by atoms with Crippen molar-refractivity contribution in [1.82, 2.24) is 10.2 Å². The highest BCUT2D eigenvalue weighted by Gasteiger charge is 2.24. The maximum Gasteiger partial charge on any atom is 0.224 e. The summed E-state index contributed by atoms with van der Waals surface area (Å²) in [6.07, 6.45) is 1.96. The molecule has 1 aromatic carbocycles. The van der Waals surface area contributed by atoms with Gasteiger partial charge in [0, 0.05) is 30.5 Å². The van der Waals surface area contributed by atoms with E-state index < -0.39 is 0 Å². The number of hydrogen-bond acceptors (Lipinski definition) is 3. The number of likely N-dealkylation sites (tertiary alicyclic amines) is 1. The number of carbonyl (C=O) groups is 2. The van der Waals surface area contributed by atoms with Gasteiger partial charge in [-0.2, -0.15) is 0 Å². The van der Waals surface area contributed by atoms with Crippen LogP contribution in [0.3, 0.4) is 0 Å². The molecule has 1 heterocycles. The second kappa shape index (κ2) is 7.74. The van der Waals surface area contributed by atoms with Gasteiger partial charge in [0.1, 0.15) is 0 Å². The summed E-state index contributed by atoms with van der Waals surface area (Å²) in [6.45, 7) is 2.87. The number of amides is 2. The lowest BCUT2D eigenvalue weighted by Crippen LogP contribution is -2.44. The maximum atomic E-state index is 12.5. The van der Waals surface area contributed by atoms with Crippen LogP contribution in [-0.4, -0.2) is 35.8 Å². The smallest absolute Gasteiger partial charge is 0.224 e. The van der Waals surface area contributed by atoms with Gasteiger partial charge in [0.2, 0.25) is 11.8 Å². The van der Waals surface area contributed by atoms with Crippen molar-refractivity contribution in [3.8, 4) is 0 Å². The van der Waals surface area contributed by atoms with Crippen molar-refractivity contribution in [3.63, 3.8) is 0 Å². The Morgan fingerprint density at radius 1 is 1.32 bits per heavy atom. The number of carbonyl (C=O) groups excluding carboxylic acids is 2. The van der Waals surface area contributed by atoms with Crippen LogP contribution in [0.25, 0.3) is 0 Å². The fraction of sp³-hybridized carbons (Fsp3) is 0.500. The van der Waals surface area contributed by atoms with E-state index in [0.717, 1.165) is 22.9 Å². The highest BCUT2D eigenvalue weighted by atomic mass is 79.9. The third-order valence-corrected chi connectivity index (χ3v) is 4.45. The lowest BCUT2D eigenvalue weighted by molar-refractivity contribution is -0.133. The Morgan fingerprint density at radius 3 is 2.45 bits per heavy atom. The first-order valence-corrected chi connectivity index (χ1v) is 8.31. The number of nitrogens with two attached hydrogens (primary N) is 1. The van der Waals surface area contributed by atoms with Crippen molar-refractivity contribution in [3.05, 3.63) is 34.3 Å². The zero-order valence-corrected chi connectivity index (χ0v) is 14.3. The molecule has 0 aromatic heterocycles. The van der Waals surface area contributed by atoms with Crippen molar-refractivity contribution < 1.29 is 9.59 Å². The van der Waals surface area contributed by atoms with Gasteiger partial charge >= 0.3 is 0 Å². The van der Waals surface area contributed by atoms with Crippen molar-refractivity contribution in [2.24, 2.45) is 5.73 Å². The van der Waals surface area contributed by atoms with Gasteiger partial charge in [0.25, 0.3) is 0 Å². The number of nitrogens with zero attached hydrogens (tertiary/aromatic N) is 1. The normalized spacial score (nSPS) is 17.1. The molecule has 0 spiro atoms. The molecule has 0 aliphatic carbocycles. The molecule has 1 aliphatic rings. The third-order valence-electron chi connectivity index (χ3n) is 3.92.